The molecule has 1 N–H and O–H groups in total. The van der Waals surface area contributed by atoms with E-state index in [-0.39, 0.29) is 11.7 Å². The second-order valence-corrected chi connectivity index (χ2v) is 7.49. The van der Waals surface area contributed by atoms with Crippen molar-refractivity contribution >= 4 is 5.91 Å². The summed E-state index contributed by atoms with van der Waals surface area (Å²) in [4.78, 5) is 19.2. The van der Waals surface area contributed by atoms with Crippen molar-refractivity contribution in [1.29, 1.82) is 0 Å². The molecule has 3 heterocycles. The van der Waals surface area contributed by atoms with Crippen molar-refractivity contribution in [3.63, 3.8) is 0 Å². The number of hydrogen-bond donors (Lipinski definition) is 1. The molecule has 4 rings (SSSR count). The molecule has 156 valence electrons. The number of amides is 1. The third kappa shape index (κ3) is 4.88. The van der Waals surface area contributed by atoms with Crippen molar-refractivity contribution in [1.82, 2.24) is 30.0 Å². The second kappa shape index (κ2) is 9.13. The van der Waals surface area contributed by atoms with E-state index in [4.69, 9.17) is 0 Å². The number of aromatic nitrogens is 4. The Hall–Kier alpha value is -3.13. The van der Waals surface area contributed by atoms with Gasteiger partial charge in [-0.1, -0.05) is 6.07 Å². The number of nitrogens with zero attached hydrogens (tertiary/aromatic N) is 5. The summed E-state index contributed by atoms with van der Waals surface area (Å²) in [5, 5.41) is 11.5. The van der Waals surface area contributed by atoms with E-state index in [1.807, 2.05) is 19.1 Å². The first-order chi connectivity index (χ1) is 14.6. The van der Waals surface area contributed by atoms with E-state index in [2.05, 4.69) is 36.0 Å². The van der Waals surface area contributed by atoms with Gasteiger partial charge in [-0.15, -0.1) is 10.2 Å². The Labute approximate surface area is 175 Å². The van der Waals surface area contributed by atoms with Gasteiger partial charge in [-0.05, 0) is 43.3 Å². The van der Waals surface area contributed by atoms with E-state index >= 15 is 0 Å². The summed E-state index contributed by atoms with van der Waals surface area (Å²) in [6.45, 7) is 5.91. The number of aryl methyl sites for hydroxylation is 1. The molecule has 1 aliphatic heterocycles. The molecule has 0 radical (unpaired) electrons. The molecule has 0 fully saturated rings. The van der Waals surface area contributed by atoms with Crippen LogP contribution in [0.15, 0.2) is 42.5 Å². The minimum Gasteiger partial charge on any atom is -0.352 e. The molecule has 0 bridgehead atoms. The topological polar surface area (TPSA) is 75.9 Å². The van der Waals surface area contributed by atoms with Crippen molar-refractivity contribution in [2.45, 2.75) is 32.9 Å². The van der Waals surface area contributed by atoms with Crippen LogP contribution in [0, 0.1) is 12.7 Å². The van der Waals surface area contributed by atoms with Gasteiger partial charge < -0.3 is 9.88 Å². The van der Waals surface area contributed by atoms with Crippen molar-refractivity contribution in [3.8, 4) is 0 Å². The zero-order valence-electron chi connectivity index (χ0n) is 17.0. The van der Waals surface area contributed by atoms with Crippen LogP contribution in [0.1, 0.15) is 33.4 Å². The van der Waals surface area contributed by atoms with Gasteiger partial charge in [0.25, 0.3) is 5.91 Å². The third-order valence-corrected chi connectivity index (χ3v) is 5.27. The highest BCUT2D eigenvalue weighted by molar-refractivity contribution is 5.94. The lowest BCUT2D eigenvalue weighted by Crippen LogP contribution is -2.28. The van der Waals surface area contributed by atoms with Gasteiger partial charge in [-0.3, -0.25) is 14.7 Å². The number of fused-ring (bicyclic) bond motifs is 1. The summed E-state index contributed by atoms with van der Waals surface area (Å²) in [5.41, 5.74) is 2.55. The molecule has 2 aromatic heterocycles. The zero-order valence-corrected chi connectivity index (χ0v) is 17.0. The van der Waals surface area contributed by atoms with E-state index in [9.17, 15) is 9.18 Å². The Morgan fingerprint density at radius 2 is 1.93 bits per heavy atom. The van der Waals surface area contributed by atoms with Gasteiger partial charge in [0.1, 0.15) is 17.5 Å². The molecule has 0 unspecified atom stereocenters. The van der Waals surface area contributed by atoms with Crippen molar-refractivity contribution in [3.05, 3.63) is 76.9 Å². The van der Waals surface area contributed by atoms with Crippen molar-refractivity contribution in [2.24, 2.45) is 0 Å². The molecule has 1 amide bonds. The monoisotopic (exact) mass is 408 g/mol. The molecule has 30 heavy (non-hydrogen) atoms. The fourth-order valence-corrected chi connectivity index (χ4v) is 3.68. The molecule has 0 saturated heterocycles. The number of halogens is 1. The summed E-state index contributed by atoms with van der Waals surface area (Å²) >= 11 is 0. The summed E-state index contributed by atoms with van der Waals surface area (Å²) in [7, 11) is 0. The quantitative estimate of drug-likeness (QED) is 0.676. The van der Waals surface area contributed by atoms with E-state index in [1.54, 1.807) is 0 Å². The number of nitrogens with one attached hydrogen (secondary N) is 1. The van der Waals surface area contributed by atoms with E-state index in [1.165, 1.54) is 24.3 Å². The fraction of sp³-hybridized carbons (Fsp3) is 0.364. The van der Waals surface area contributed by atoms with Crippen LogP contribution in [0.4, 0.5) is 4.39 Å². The highest BCUT2D eigenvalue weighted by atomic mass is 19.1. The van der Waals surface area contributed by atoms with Crippen LogP contribution in [0.25, 0.3) is 0 Å². The maximum absolute atomic E-state index is 13.0. The standard InChI is InChI=1S/C22H25FN6O/c1-16-3-2-4-19(25-16)15-28-12-10-21-27-26-20(29(21)14-13-28)9-11-24-22(30)17-5-7-18(23)8-6-17/h2-8H,9-15H2,1H3,(H,24,30). The van der Waals surface area contributed by atoms with Gasteiger partial charge in [0.2, 0.25) is 0 Å². The third-order valence-electron chi connectivity index (χ3n) is 5.27. The van der Waals surface area contributed by atoms with Gasteiger partial charge in [0.15, 0.2) is 0 Å². The molecule has 3 aromatic rings. The lowest BCUT2D eigenvalue weighted by atomic mass is 10.2. The van der Waals surface area contributed by atoms with Crippen molar-refractivity contribution in [2.75, 3.05) is 19.6 Å². The Bertz CT molecular complexity index is 1020. The molecular formula is C22H25FN6O. The Balaban J connectivity index is 1.31. The summed E-state index contributed by atoms with van der Waals surface area (Å²) in [5.74, 6) is 1.28. The molecule has 0 saturated carbocycles. The summed E-state index contributed by atoms with van der Waals surface area (Å²) in [6, 6.07) is 11.6. The van der Waals surface area contributed by atoms with Crippen LogP contribution in [0.3, 0.4) is 0 Å². The van der Waals surface area contributed by atoms with Gasteiger partial charge in [-0.2, -0.15) is 0 Å². The number of hydrogen-bond acceptors (Lipinski definition) is 5. The highest BCUT2D eigenvalue weighted by Gasteiger charge is 2.19. The number of benzene rings is 1. The highest BCUT2D eigenvalue weighted by Crippen LogP contribution is 2.12. The average molecular weight is 408 g/mol. The number of pyridine rings is 1. The van der Waals surface area contributed by atoms with E-state index in [0.29, 0.717) is 18.5 Å². The van der Waals surface area contributed by atoms with Gasteiger partial charge in [0.05, 0.1) is 5.69 Å². The second-order valence-electron chi connectivity index (χ2n) is 7.49. The van der Waals surface area contributed by atoms with Crippen LogP contribution in [-0.2, 0) is 25.9 Å². The van der Waals surface area contributed by atoms with Crippen LogP contribution in [0.2, 0.25) is 0 Å². The van der Waals surface area contributed by atoms with Gasteiger partial charge in [0, 0.05) is 56.8 Å². The molecule has 7 nitrogen and oxygen atoms in total. The smallest absolute Gasteiger partial charge is 0.251 e. The predicted octanol–water partition coefficient (Wildman–Crippen LogP) is 2.15. The number of rotatable bonds is 6. The maximum Gasteiger partial charge on any atom is 0.251 e. The first-order valence-electron chi connectivity index (χ1n) is 10.2. The molecule has 1 aliphatic rings. The minimum absolute atomic E-state index is 0.220. The summed E-state index contributed by atoms with van der Waals surface area (Å²) < 4.78 is 15.2. The molecule has 0 spiro atoms. The lowest BCUT2D eigenvalue weighted by molar-refractivity contribution is 0.0954. The van der Waals surface area contributed by atoms with Crippen LogP contribution in [0.5, 0.6) is 0 Å². The molecule has 0 atom stereocenters. The van der Waals surface area contributed by atoms with E-state index < -0.39 is 0 Å². The van der Waals surface area contributed by atoms with Crippen LogP contribution < -0.4 is 5.32 Å². The van der Waals surface area contributed by atoms with Crippen LogP contribution in [-0.4, -0.2) is 50.2 Å². The minimum atomic E-state index is -0.357. The van der Waals surface area contributed by atoms with Crippen LogP contribution >= 0.6 is 0 Å². The normalized spacial score (nSPS) is 14.2. The number of carbonyl (C=O) groups excluding carboxylic acids is 1. The lowest BCUT2D eigenvalue weighted by Gasteiger charge is -2.19. The fourth-order valence-electron chi connectivity index (χ4n) is 3.68. The first kappa shape index (κ1) is 20.2. The summed E-state index contributed by atoms with van der Waals surface area (Å²) in [6.07, 6.45) is 1.43. The maximum atomic E-state index is 13.0. The molecule has 0 aliphatic carbocycles. The van der Waals surface area contributed by atoms with Gasteiger partial charge in [-0.25, -0.2) is 4.39 Å². The molecular weight excluding hydrogens is 383 g/mol. The number of carbonyl (C=O) groups is 1. The average Bonchev–Trinajstić information content (AvgIpc) is 3.01. The largest absolute Gasteiger partial charge is 0.352 e. The Morgan fingerprint density at radius 1 is 1.10 bits per heavy atom. The van der Waals surface area contributed by atoms with E-state index in [0.717, 1.165) is 55.6 Å². The molecule has 8 heteroatoms. The van der Waals surface area contributed by atoms with Crippen molar-refractivity contribution < 1.29 is 9.18 Å². The zero-order chi connectivity index (χ0) is 20.9. The first-order valence-corrected chi connectivity index (χ1v) is 10.2. The molecule has 1 aromatic carbocycles. The SMILES string of the molecule is Cc1cccc(CN2CCc3nnc(CCNC(=O)c4ccc(F)cc4)n3CC2)n1. The Morgan fingerprint density at radius 3 is 2.73 bits per heavy atom. The Kier molecular flexibility index (Phi) is 6.13. The predicted molar refractivity (Wildman–Crippen MR) is 110 cm³/mol. The van der Waals surface area contributed by atoms with Gasteiger partial charge >= 0.3 is 0 Å².